The number of fused-ring (bicyclic) bond motifs is 1. The molecule has 2 unspecified atom stereocenters. The zero-order valence-electron chi connectivity index (χ0n) is 20.5. The fourth-order valence-corrected chi connectivity index (χ4v) is 4.28. The summed E-state index contributed by atoms with van der Waals surface area (Å²) in [6.45, 7) is 7.21. The molecule has 4 rings (SSSR count). The molecule has 2 atom stereocenters. The van der Waals surface area contributed by atoms with Crippen molar-refractivity contribution in [3.05, 3.63) is 53.8 Å². The van der Waals surface area contributed by atoms with E-state index in [2.05, 4.69) is 24.1 Å². The van der Waals surface area contributed by atoms with E-state index in [1.165, 1.54) is 6.07 Å². The molecular weight excluding hydrogens is 451 g/mol. The lowest BCUT2D eigenvalue weighted by molar-refractivity contribution is -0.129. The van der Waals surface area contributed by atoms with Crippen molar-refractivity contribution < 1.29 is 28.1 Å². The van der Waals surface area contributed by atoms with Crippen molar-refractivity contribution >= 4 is 5.91 Å². The fraction of sp³-hybridized carbons (Fsp3) is 0.519. The summed E-state index contributed by atoms with van der Waals surface area (Å²) < 4.78 is 37.2. The number of nitrogens with one attached hydrogen (secondary N) is 1. The monoisotopic (exact) mass is 486 g/mol. The largest absolute Gasteiger partial charge is 0.476 e. The third-order valence-electron chi connectivity index (χ3n) is 6.17. The number of carbonyl (C=O) groups is 1. The van der Waals surface area contributed by atoms with E-state index in [1.807, 2.05) is 18.2 Å². The molecular formula is C27H35FN2O5. The van der Waals surface area contributed by atoms with Gasteiger partial charge in [0, 0.05) is 32.8 Å². The molecule has 1 amide bonds. The molecule has 8 heteroatoms. The number of nitrogens with zero attached hydrogens (tertiary/aromatic N) is 1. The topological polar surface area (TPSA) is 69.3 Å². The van der Waals surface area contributed by atoms with Gasteiger partial charge in [-0.25, -0.2) is 4.39 Å². The highest BCUT2D eigenvalue weighted by Gasteiger charge is 2.28. The molecule has 2 aliphatic rings. The molecule has 0 aromatic heterocycles. The number of benzene rings is 2. The number of para-hydroxylation sites is 1. The van der Waals surface area contributed by atoms with Gasteiger partial charge in [-0.2, -0.15) is 0 Å². The van der Waals surface area contributed by atoms with Crippen molar-refractivity contribution in [1.82, 2.24) is 10.2 Å². The minimum absolute atomic E-state index is 0.0663. The van der Waals surface area contributed by atoms with E-state index in [9.17, 15) is 9.18 Å². The van der Waals surface area contributed by atoms with Gasteiger partial charge >= 0.3 is 0 Å². The molecule has 35 heavy (non-hydrogen) atoms. The van der Waals surface area contributed by atoms with Crippen LogP contribution in [0, 0.1) is 11.7 Å². The molecule has 0 bridgehead atoms. The van der Waals surface area contributed by atoms with Crippen LogP contribution >= 0.6 is 0 Å². The summed E-state index contributed by atoms with van der Waals surface area (Å²) >= 11 is 0. The standard InChI is InChI=1S/C27H35FN2O5/c1-19(2)11-12-29-27(31)26(35-23-8-4-3-7-22(23)28)17-30(16-21-6-5-13-32-21)15-20-9-10-24-25(14-20)34-18-33-24/h3-4,7-10,14,19,21,26H,5-6,11-13,15-18H2,1-2H3,(H,29,31). The maximum Gasteiger partial charge on any atom is 0.262 e. The Labute approximate surface area is 206 Å². The highest BCUT2D eigenvalue weighted by Crippen LogP contribution is 2.33. The van der Waals surface area contributed by atoms with Crippen molar-refractivity contribution in [1.29, 1.82) is 0 Å². The lowest BCUT2D eigenvalue weighted by Gasteiger charge is -2.29. The van der Waals surface area contributed by atoms with E-state index < -0.39 is 11.9 Å². The van der Waals surface area contributed by atoms with Gasteiger partial charge < -0.3 is 24.3 Å². The molecule has 0 spiro atoms. The molecule has 7 nitrogen and oxygen atoms in total. The van der Waals surface area contributed by atoms with E-state index in [0.717, 1.165) is 37.2 Å². The zero-order chi connectivity index (χ0) is 24.6. The first-order valence-electron chi connectivity index (χ1n) is 12.4. The van der Waals surface area contributed by atoms with Crippen LogP contribution < -0.4 is 19.5 Å². The van der Waals surface area contributed by atoms with Crippen LogP contribution in [0.5, 0.6) is 17.2 Å². The second-order valence-electron chi connectivity index (χ2n) is 9.53. The summed E-state index contributed by atoms with van der Waals surface area (Å²) in [7, 11) is 0. The maximum absolute atomic E-state index is 14.4. The predicted octanol–water partition coefficient (Wildman–Crippen LogP) is 4.15. The van der Waals surface area contributed by atoms with Crippen molar-refractivity contribution in [2.45, 2.75) is 51.9 Å². The Bertz CT molecular complexity index is 980. The van der Waals surface area contributed by atoms with Gasteiger partial charge in [0.2, 0.25) is 6.79 Å². The Kier molecular flexibility index (Phi) is 8.82. The molecule has 0 aliphatic carbocycles. The van der Waals surface area contributed by atoms with Crippen LogP contribution in [-0.4, -0.2) is 56.0 Å². The van der Waals surface area contributed by atoms with Crippen molar-refractivity contribution in [3.8, 4) is 17.2 Å². The number of halogens is 1. The number of hydrogen-bond acceptors (Lipinski definition) is 6. The van der Waals surface area contributed by atoms with E-state index in [4.69, 9.17) is 18.9 Å². The van der Waals surface area contributed by atoms with Crippen LogP contribution in [-0.2, 0) is 16.1 Å². The molecule has 1 saturated heterocycles. The molecule has 2 aromatic rings. The summed E-state index contributed by atoms with van der Waals surface area (Å²) in [5.74, 6) is 1.22. The smallest absolute Gasteiger partial charge is 0.262 e. The Morgan fingerprint density at radius 1 is 1.20 bits per heavy atom. The second kappa shape index (κ2) is 12.2. The summed E-state index contributed by atoms with van der Waals surface area (Å²) in [6, 6.07) is 12.0. The molecule has 190 valence electrons. The molecule has 2 aliphatic heterocycles. The van der Waals surface area contributed by atoms with E-state index >= 15 is 0 Å². The first-order chi connectivity index (χ1) is 17.0. The molecule has 1 N–H and O–H groups in total. The first-order valence-corrected chi connectivity index (χ1v) is 12.4. The predicted molar refractivity (Wildman–Crippen MR) is 130 cm³/mol. The number of rotatable bonds is 12. The molecule has 2 aromatic carbocycles. The second-order valence-corrected chi connectivity index (χ2v) is 9.53. The summed E-state index contributed by atoms with van der Waals surface area (Å²) in [5, 5.41) is 2.97. The van der Waals surface area contributed by atoms with E-state index in [0.29, 0.717) is 31.3 Å². The number of hydrogen-bond donors (Lipinski definition) is 1. The highest BCUT2D eigenvalue weighted by atomic mass is 19.1. The van der Waals surface area contributed by atoms with Gasteiger partial charge in [-0.15, -0.1) is 0 Å². The average molecular weight is 487 g/mol. The van der Waals surface area contributed by atoms with Gasteiger partial charge in [0.15, 0.2) is 29.2 Å². The molecule has 0 radical (unpaired) electrons. The molecule has 2 heterocycles. The van der Waals surface area contributed by atoms with Crippen molar-refractivity contribution in [2.24, 2.45) is 5.92 Å². The minimum Gasteiger partial charge on any atom is -0.476 e. The van der Waals surface area contributed by atoms with Crippen LogP contribution in [0.2, 0.25) is 0 Å². The summed E-state index contributed by atoms with van der Waals surface area (Å²) in [4.78, 5) is 15.3. The Hall–Kier alpha value is -2.84. The SMILES string of the molecule is CC(C)CCNC(=O)C(CN(Cc1ccc2c(c1)OCO2)CC1CCCO1)Oc1ccccc1F. The van der Waals surface area contributed by atoms with E-state index in [-0.39, 0.29) is 31.1 Å². The third kappa shape index (κ3) is 7.32. The van der Waals surface area contributed by atoms with Gasteiger partial charge in [0.1, 0.15) is 0 Å². The van der Waals surface area contributed by atoms with Crippen molar-refractivity contribution in [3.63, 3.8) is 0 Å². The van der Waals surface area contributed by atoms with Crippen molar-refractivity contribution in [2.75, 3.05) is 33.0 Å². The normalized spacial score (nSPS) is 17.7. The quantitative estimate of drug-likeness (QED) is 0.486. The van der Waals surface area contributed by atoms with Gasteiger partial charge in [0.25, 0.3) is 5.91 Å². The lowest BCUT2D eigenvalue weighted by Crippen LogP contribution is -2.47. The van der Waals surface area contributed by atoms with Crippen LogP contribution in [0.1, 0.15) is 38.7 Å². The molecule has 0 saturated carbocycles. The van der Waals surface area contributed by atoms with Crippen LogP contribution in [0.25, 0.3) is 0 Å². The summed E-state index contributed by atoms with van der Waals surface area (Å²) in [6.07, 6.45) is 2.05. The fourth-order valence-electron chi connectivity index (χ4n) is 4.28. The summed E-state index contributed by atoms with van der Waals surface area (Å²) in [5.41, 5.74) is 1.03. The average Bonchev–Trinajstić information content (AvgIpc) is 3.51. The van der Waals surface area contributed by atoms with Crippen LogP contribution in [0.15, 0.2) is 42.5 Å². The minimum atomic E-state index is -0.880. The maximum atomic E-state index is 14.4. The molecule has 1 fully saturated rings. The highest BCUT2D eigenvalue weighted by molar-refractivity contribution is 5.81. The van der Waals surface area contributed by atoms with Gasteiger partial charge in [-0.05, 0) is 55.0 Å². The number of ether oxygens (including phenoxy) is 4. The van der Waals surface area contributed by atoms with Gasteiger partial charge in [-0.1, -0.05) is 32.0 Å². The van der Waals surface area contributed by atoms with Crippen LogP contribution in [0.3, 0.4) is 0 Å². The zero-order valence-corrected chi connectivity index (χ0v) is 20.5. The Morgan fingerprint density at radius 3 is 2.80 bits per heavy atom. The lowest BCUT2D eigenvalue weighted by atomic mass is 10.1. The van der Waals surface area contributed by atoms with E-state index in [1.54, 1.807) is 18.2 Å². The Morgan fingerprint density at radius 2 is 2.03 bits per heavy atom. The van der Waals surface area contributed by atoms with Gasteiger partial charge in [-0.3, -0.25) is 9.69 Å². The Balaban J connectivity index is 1.51. The number of carbonyl (C=O) groups excluding carboxylic acids is 1. The first kappa shape index (κ1) is 25.3. The number of amides is 1. The third-order valence-corrected chi connectivity index (χ3v) is 6.17. The van der Waals surface area contributed by atoms with Crippen LogP contribution in [0.4, 0.5) is 4.39 Å². The van der Waals surface area contributed by atoms with Gasteiger partial charge in [0.05, 0.1) is 6.10 Å².